The summed E-state index contributed by atoms with van der Waals surface area (Å²) in [6.07, 6.45) is 4.99. The van der Waals surface area contributed by atoms with Crippen LogP contribution in [0.15, 0.2) is 11.3 Å². The van der Waals surface area contributed by atoms with Crippen molar-refractivity contribution in [3.05, 3.63) is 11.3 Å². The summed E-state index contributed by atoms with van der Waals surface area (Å²) in [5.41, 5.74) is 0.470. The highest BCUT2D eigenvalue weighted by atomic mass is 28.3. The highest BCUT2D eigenvalue weighted by Gasteiger charge is 2.60. The van der Waals surface area contributed by atoms with Gasteiger partial charge in [0.05, 0.1) is 8.07 Å². The molecule has 0 aromatic rings. The van der Waals surface area contributed by atoms with Crippen molar-refractivity contribution in [3.63, 3.8) is 0 Å². The van der Waals surface area contributed by atoms with E-state index in [0.29, 0.717) is 29.0 Å². The molecule has 94 valence electrons. The molecule has 0 amide bonds. The van der Waals surface area contributed by atoms with Gasteiger partial charge in [0, 0.05) is 5.92 Å². The maximum Gasteiger partial charge on any atom is 0.158 e. The van der Waals surface area contributed by atoms with Gasteiger partial charge in [-0.1, -0.05) is 39.6 Å². The molecule has 0 aromatic heterocycles. The second kappa shape index (κ2) is 3.14. The number of hydrogen-bond donors (Lipinski definition) is 0. The van der Waals surface area contributed by atoms with Crippen LogP contribution >= 0.6 is 0 Å². The molecule has 0 aliphatic heterocycles. The van der Waals surface area contributed by atoms with Crippen molar-refractivity contribution in [1.82, 2.24) is 0 Å². The lowest BCUT2D eigenvalue weighted by Crippen LogP contribution is -2.35. The van der Waals surface area contributed by atoms with Crippen molar-refractivity contribution in [3.8, 4) is 0 Å². The first kappa shape index (κ1) is 11.7. The third kappa shape index (κ3) is 1.46. The van der Waals surface area contributed by atoms with Crippen LogP contribution in [-0.2, 0) is 4.79 Å². The Hall–Kier alpha value is -0.373. The van der Waals surface area contributed by atoms with Crippen LogP contribution in [0.3, 0.4) is 0 Å². The lowest BCUT2D eigenvalue weighted by Gasteiger charge is -2.36. The fraction of sp³-hybridized carbons (Fsp3) is 0.800. The van der Waals surface area contributed by atoms with E-state index in [9.17, 15) is 4.79 Å². The van der Waals surface area contributed by atoms with E-state index in [1.54, 1.807) is 0 Å². The van der Waals surface area contributed by atoms with E-state index in [1.807, 2.05) is 0 Å². The molecule has 0 N–H and O–H groups in total. The number of allylic oxidation sites excluding steroid dienone is 2. The summed E-state index contributed by atoms with van der Waals surface area (Å²) in [7, 11) is -1.42. The molecule has 2 fully saturated rings. The minimum Gasteiger partial charge on any atom is -0.295 e. The monoisotopic (exact) mass is 248 g/mol. The average molecular weight is 248 g/mol. The van der Waals surface area contributed by atoms with Crippen molar-refractivity contribution in [2.45, 2.75) is 46.3 Å². The number of hydrogen-bond acceptors (Lipinski definition) is 1. The van der Waals surface area contributed by atoms with Gasteiger partial charge in [-0.05, 0) is 41.2 Å². The topological polar surface area (TPSA) is 17.1 Å². The summed E-state index contributed by atoms with van der Waals surface area (Å²) in [5, 5.41) is 1.25. The molecule has 0 saturated heterocycles. The predicted octanol–water partition coefficient (Wildman–Crippen LogP) is 3.67. The Morgan fingerprint density at radius 1 is 1.29 bits per heavy atom. The molecule has 3 aliphatic carbocycles. The van der Waals surface area contributed by atoms with Gasteiger partial charge >= 0.3 is 0 Å². The van der Waals surface area contributed by atoms with Gasteiger partial charge in [0.2, 0.25) is 0 Å². The number of carbonyl (C=O) groups is 1. The molecule has 3 rings (SSSR count). The van der Waals surface area contributed by atoms with E-state index in [-0.39, 0.29) is 0 Å². The summed E-state index contributed by atoms with van der Waals surface area (Å²) in [6, 6.07) is 0. The normalized spacial score (nSPS) is 42.9. The molecule has 0 radical (unpaired) electrons. The van der Waals surface area contributed by atoms with E-state index in [1.165, 1.54) is 18.0 Å². The van der Waals surface area contributed by atoms with Crippen LogP contribution in [0.25, 0.3) is 0 Å². The summed E-state index contributed by atoms with van der Waals surface area (Å²) in [6.45, 7) is 11.7. The fourth-order valence-corrected chi connectivity index (χ4v) is 6.35. The quantitative estimate of drug-likeness (QED) is 0.647. The summed E-state index contributed by atoms with van der Waals surface area (Å²) in [4.78, 5) is 12.6. The SMILES string of the molecule is CC1(C)C[C@H]2C[C@H]1[C@@H]1C=C([Si](C)(C)C)C(=O)[C@@H]21. The van der Waals surface area contributed by atoms with Crippen LogP contribution in [0.2, 0.25) is 19.6 Å². The fourth-order valence-electron chi connectivity index (χ4n) is 4.75. The van der Waals surface area contributed by atoms with Crippen LogP contribution in [-0.4, -0.2) is 13.9 Å². The minimum absolute atomic E-state index is 0.384. The van der Waals surface area contributed by atoms with E-state index in [4.69, 9.17) is 0 Å². The Kier molecular flexibility index (Phi) is 2.16. The molecule has 0 spiro atoms. The molecule has 17 heavy (non-hydrogen) atoms. The largest absolute Gasteiger partial charge is 0.295 e. The standard InChI is InChI=1S/C15H24OSi/c1-15(2)8-9-6-11(15)10-7-12(17(3,4)5)14(16)13(9)10/h7,9-11,13H,6,8H2,1-5H3/t9-,10+,11+,13+/m1/s1. The third-order valence-electron chi connectivity index (χ3n) is 5.47. The van der Waals surface area contributed by atoms with Gasteiger partial charge in [-0.3, -0.25) is 4.79 Å². The number of ketones is 1. The van der Waals surface area contributed by atoms with E-state index < -0.39 is 8.07 Å². The second-order valence-corrected chi connectivity index (χ2v) is 13.1. The Bertz CT molecular complexity index is 413. The van der Waals surface area contributed by atoms with Crippen molar-refractivity contribution < 1.29 is 4.79 Å². The number of rotatable bonds is 1. The Balaban J connectivity index is 1.98. The van der Waals surface area contributed by atoms with Crippen LogP contribution in [0.5, 0.6) is 0 Å². The van der Waals surface area contributed by atoms with Crippen molar-refractivity contribution in [2.24, 2.45) is 29.1 Å². The molecule has 0 aromatic carbocycles. The molecule has 3 aliphatic rings. The second-order valence-electron chi connectivity index (χ2n) is 8.09. The molecule has 0 heterocycles. The molecular formula is C15H24OSi. The van der Waals surface area contributed by atoms with Crippen molar-refractivity contribution in [2.75, 3.05) is 0 Å². The first-order valence-corrected chi connectivity index (χ1v) is 10.5. The lowest BCUT2D eigenvalue weighted by atomic mass is 9.68. The van der Waals surface area contributed by atoms with Gasteiger partial charge in [0.25, 0.3) is 0 Å². The number of carbonyl (C=O) groups excluding carboxylic acids is 1. The number of fused-ring (bicyclic) bond motifs is 5. The van der Waals surface area contributed by atoms with Gasteiger partial charge in [-0.2, -0.15) is 0 Å². The first-order chi connectivity index (χ1) is 7.72. The lowest BCUT2D eigenvalue weighted by molar-refractivity contribution is -0.120. The van der Waals surface area contributed by atoms with E-state index in [2.05, 4.69) is 39.6 Å². The molecule has 2 bridgehead atoms. The van der Waals surface area contributed by atoms with Crippen LogP contribution in [0, 0.1) is 29.1 Å². The smallest absolute Gasteiger partial charge is 0.158 e. The summed E-state index contributed by atoms with van der Waals surface area (Å²) >= 11 is 0. The van der Waals surface area contributed by atoms with Crippen molar-refractivity contribution >= 4 is 13.9 Å². The van der Waals surface area contributed by atoms with Gasteiger partial charge in [0.1, 0.15) is 0 Å². The van der Waals surface area contributed by atoms with Gasteiger partial charge in [-0.25, -0.2) is 0 Å². The summed E-state index contributed by atoms with van der Waals surface area (Å²) < 4.78 is 0. The molecule has 2 saturated carbocycles. The van der Waals surface area contributed by atoms with Crippen molar-refractivity contribution in [1.29, 1.82) is 0 Å². The molecule has 0 unspecified atom stereocenters. The van der Waals surface area contributed by atoms with Gasteiger partial charge < -0.3 is 0 Å². The van der Waals surface area contributed by atoms with Crippen LogP contribution in [0.1, 0.15) is 26.7 Å². The maximum absolute atomic E-state index is 12.6. The van der Waals surface area contributed by atoms with Crippen LogP contribution < -0.4 is 0 Å². The highest BCUT2D eigenvalue weighted by molar-refractivity contribution is 6.87. The average Bonchev–Trinajstić information content (AvgIpc) is 2.72. The highest BCUT2D eigenvalue weighted by Crippen LogP contribution is 2.64. The zero-order valence-corrected chi connectivity index (χ0v) is 12.7. The number of Topliss-reactive ketones (excluding diaryl/α,β-unsaturated/α-hetero) is 1. The Morgan fingerprint density at radius 3 is 2.53 bits per heavy atom. The zero-order valence-electron chi connectivity index (χ0n) is 11.7. The molecular weight excluding hydrogens is 224 g/mol. The predicted molar refractivity (Wildman–Crippen MR) is 73.4 cm³/mol. The van der Waals surface area contributed by atoms with Gasteiger partial charge in [0.15, 0.2) is 5.78 Å². The van der Waals surface area contributed by atoms with E-state index >= 15 is 0 Å². The first-order valence-electron chi connectivity index (χ1n) is 6.98. The minimum atomic E-state index is -1.42. The van der Waals surface area contributed by atoms with Gasteiger partial charge in [-0.15, -0.1) is 0 Å². The zero-order chi connectivity index (χ0) is 12.6. The maximum atomic E-state index is 12.6. The molecule has 4 atom stereocenters. The molecule has 2 heteroatoms. The Labute approximate surface area is 106 Å². The van der Waals surface area contributed by atoms with Crippen LogP contribution in [0.4, 0.5) is 0 Å². The van der Waals surface area contributed by atoms with E-state index in [0.717, 1.165) is 5.92 Å². The Morgan fingerprint density at radius 2 is 1.94 bits per heavy atom. The molecule has 1 nitrogen and oxygen atoms in total. The third-order valence-corrected chi connectivity index (χ3v) is 7.50. The summed E-state index contributed by atoms with van der Waals surface area (Å²) in [5.74, 6) is 2.98.